The van der Waals surface area contributed by atoms with Crippen molar-refractivity contribution in [2.75, 3.05) is 59.6 Å². The molecule has 28 heavy (non-hydrogen) atoms. The van der Waals surface area contributed by atoms with E-state index in [-0.39, 0.29) is 5.41 Å². The van der Waals surface area contributed by atoms with Gasteiger partial charge in [-0.3, -0.25) is 9.89 Å². The zero-order valence-electron chi connectivity index (χ0n) is 17.9. The Morgan fingerprint density at radius 1 is 1.21 bits per heavy atom. The highest BCUT2D eigenvalue weighted by Gasteiger charge is 2.30. The molecule has 2 fully saturated rings. The summed E-state index contributed by atoms with van der Waals surface area (Å²) in [6.07, 6.45) is 1.19. The molecule has 2 saturated heterocycles. The third-order valence-electron chi connectivity index (χ3n) is 5.57. The molecule has 0 radical (unpaired) electrons. The van der Waals surface area contributed by atoms with Crippen molar-refractivity contribution in [2.24, 2.45) is 4.99 Å². The van der Waals surface area contributed by atoms with Crippen LogP contribution in [0.25, 0.3) is 0 Å². The Morgan fingerprint density at radius 3 is 2.68 bits per heavy atom. The summed E-state index contributed by atoms with van der Waals surface area (Å²) in [6, 6.07) is 8.93. The molecule has 2 aliphatic heterocycles. The number of aliphatic imine (C=N–C) groups is 1. The molecule has 0 aliphatic carbocycles. The quantitative estimate of drug-likeness (QED) is 0.477. The van der Waals surface area contributed by atoms with E-state index in [0.717, 1.165) is 57.6 Å². The van der Waals surface area contributed by atoms with Crippen molar-refractivity contribution in [1.29, 1.82) is 0 Å². The second-order valence-electron chi connectivity index (χ2n) is 8.61. The monoisotopic (exact) mass is 388 g/mol. The Morgan fingerprint density at radius 2 is 1.96 bits per heavy atom. The molecule has 1 atom stereocenters. The first kappa shape index (κ1) is 20.9. The van der Waals surface area contributed by atoms with Gasteiger partial charge in [0, 0.05) is 39.3 Å². The van der Waals surface area contributed by atoms with Gasteiger partial charge < -0.3 is 19.7 Å². The zero-order valence-corrected chi connectivity index (χ0v) is 17.9. The first-order valence-electron chi connectivity index (χ1n) is 10.5. The number of nitrogens with one attached hydrogen (secondary N) is 1. The lowest BCUT2D eigenvalue weighted by atomic mass is 9.86. The Hall–Kier alpha value is -1.79. The van der Waals surface area contributed by atoms with Crippen LogP contribution in [0.4, 0.5) is 0 Å². The summed E-state index contributed by atoms with van der Waals surface area (Å²) in [5.74, 6) is 1.95. The number of ether oxygens (including phenoxy) is 2. The molecule has 6 heteroatoms. The van der Waals surface area contributed by atoms with Gasteiger partial charge in [0.25, 0.3) is 0 Å². The predicted molar refractivity (Wildman–Crippen MR) is 114 cm³/mol. The normalized spacial score (nSPS) is 21.8. The first-order chi connectivity index (χ1) is 13.5. The number of hydrogen-bond acceptors (Lipinski definition) is 4. The molecule has 1 N–H and O–H groups in total. The van der Waals surface area contributed by atoms with Gasteiger partial charge in [-0.15, -0.1) is 0 Å². The molecule has 0 bridgehead atoms. The summed E-state index contributed by atoms with van der Waals surface area (Å²) in [4.78, 5) is 9.41. The molecule has 0 saturated carbocycles. The zero-order chi connectivity index (χ0) is 20.0. The van der Waals surface area contributed by atoms with Crippen molar-refractivity contribution >= 4 is 5.96 Å². The van der Waals surface area contributed by atoms with E-state index in [1.807, 2.05) is 13.1 Å². The van der Waals surface area contributed by atoms with Crippen molar-refractivity contribution < 1.29 is 9.47 Å². The largest absolute Gasteiger partial charge is 0.491 e. The standard InChI is InChI=1S/C22H36N4O2/c1-22(2,3)19-7-5-6-8-20(19)28-14-10-24-21(23-4)26-11-9-18(17-26)25-12-15-27-16-13-25/h5-8,18H,9-17H2,1-4H3,(H,23,24). The summed E-state index contributed by atoms with van der Waals surface area (Å²) in [5.41, 5.74) is 1.32. The van der Waals surface area contributed by atoms with E-state index in [9.17, 15) is 0 Å². The fourth-order valence-corrected chi connectivity index (χ4v) is 4.04. The Labute approximate surface area is 169 Å². The topological polar surface area (TPSA) is 49.3 Å². The number of likely N-dealkylation sites (tertiary alicyclic amines) is 1. The van der Waals surface area contributed by atoms with Crippen LogP contribution in [-0.2, 0) is 10.2 Å². The molecule has 2 aliphatic rings. The number of nitrogens with zero attached hydrogens (tertiary/aromatic N) is 3. The van der Waals surface area contributed by atoms with Crippen molar-refractivity contribution in [2.45, 2.75) is 38.6 Å². The second-order valence-corrected chi connectivity index (χ2v) is 8.61. The molecule has 2 heterocycles. The smallest absolute Gasteiger partial charge is 0.193 e. The molecule has 1 aromatic carbocycles. The van der Waals surface area contributed by atoms with E-state index in [1.165, 1.54) is 12.0 Å². The number of para-hydroxylation sites is 1. The van der Waals surface area contributed by atoms with Crippen LogP contribution >= 0.6 is 0 Å². The molecule has 156 valence electrons. The van der Waals surface area contributed by atoms with Crippen LogP contribution in [0.5, 0.6) is 5.75 Å². The third-order valence-corrected chi connectivity index (χ3v) is 5.57. The van der Waals surface area contributed by atoms with E-state index in [4.69, 9.17) is 9.47 Å². The molecular weight excluding hydrogens is 352 g/mol. The van der Waals surface area contributed by atoms with Crippen molar-refractivity contribution in [3.05, 3.63) is 29.8 Å². The summed E-state index contributed by atoms with van der Waals surface area (Å²) in [6.45, 7) is 13.9. The highest BCUT2D eigenvalue weighted by atomic mass is 16.5. The van der Waals surface area contributed by atoms with Crippen molar-refractivity contribution in [3.8, 4) is 5.75 Å². The van der Waals surface area contributed by atoms with Crippen LogP contribution in [-0.4, -0.2) is 81.4 Å². The van der Waals surface area contributed by atoms with E-state index in [0.29, 0.717) is 12.6 Å². The second kappa shape index (κ2) is 9.61. The lowest BCUT2D eigenvalue weighted by molar-refractivity contribution is 0.0195. The van der Waals surface area contributed by atoms with Crippen LogP contribution in [0.1, 0.15) is 32.8 Å². The Bertz CT molecular complexity index is 650. The van der Waals surface area contributed by atoms with Gasteiger partial charge in [0.15, 0.2) is 5.96 Å². The maximum Gasteiger partial charge on any atom is 0.193 e. The summed E-state index contributed by atoms with van der Waals surface area (Å²) in [5, 5.41) is 3.47. The number of hydrogen-bond donors (Lipinski definition) is 1. The van der Waals surface area contributed by atoms with Gasteiger partial charge in [0.2, 0.25) is 0 Å². The van der Waals surface area contributed by atoms with Gasteiger partial charge in [-0.2, -0.15) is 0 Å². The van der Waals surface area contributed by atoms with E-state index < -0.39 is 0 Å². The highest BCUT2D eigenvalue weighted by molar-refractivity contribution is 5.80. The molecule has 0 spiro atoms. The van der Waals surface area contributed by atoms with Crippen LogP contribution in [0.2, 0.25) is 0 Å². The van der Waals surface area contributed by atoms with E-state index in [2.05, 4.69) is 59.1 Å². The predicted octanol–water partition coefficient (Wildman–Crippen LogP) is 2.34. The van der Waals surface area contributed by atoms with Crippen molar-refractivity contribution in [3.63, 3.8) is 0 Å². The van der Waals surface area contributed by atoms with Gasteiger partial charge in [-0.25, -0.2) is 0 Å². The number of morpholine rings is 1. The molecule has 3 rings (SSSR count). The molecule has 1 aromatic rings. The summed E-state index contributed by atoms with van der Waals surface area (Å²) in [7, 11) is 1.86. The Balaban J connectivity index is 1.45. The molecular formula is C22H36N4O2. The van der Waals surface area contributed by atoms with Crippen LogP contribution < -0.4 is 10.1 Å². The SMILES string of the molecule is CN=C(NCCOc1ccccc1C(C)(C)C)N1CCC(N2CCOCC2)C1. The van der Waals surface area contributed by atoms with Gasteiger partial charge in [-0.1, -0.05) is 39.0 Å². The minimum Gasteiger partial charge on any atom is -0.491 e. The third kappa shape index (κ3) is 5.39. The fourth-order valence-electron chi connectivity index (χ4n) is 4.04. The van der Waals surface area contributed by atoms with E-state index in [1.54, 1.807) is 0 Å². The molecule has 6 nitrogen and oxygen atoms in total. The average Bonchev–Trinajstić information content (AvgIpc) is 3.18. The average molecular weight is 389 g/mol. The molecule has 1 unspecified atom stereocenters. The minimum absolute atomic E-state index is 0.0735. The van der Waals surface area contributed by atoms with Crippen LogP contribution in [0, 0.1) is 0 Å². The van der Waals surface area contributed by atoms with Crippen LogP contribution in [0.3, 0.4) is 0 Å². The molecule has 0 aromatic heterocycles. The maximum absolute atomic E-state index is 6.08. The van der Waals surface area contributed by atoms with Crippen molar-refractivity contribution in [1.82, 2.24) is 15.1 Å². The highest BCUT2D eigenvalue weighted by Crippen LogP contribution is 2.30. The Kier molecular flexibility index (Phi) is 7.18. The number of guanidine groups is 1. The van der Waals surface area contributed by atoms with Gasteiger partial charge >= 0.3 is 0 Å². The number of rotatable bonds is 5. The lowest BCUT2D eigenvalue weighted by Gasteiger charge is -2.32. The fraction of sp³-hybridized carbons (Fsp3) is 0.682. The minimum atomic E-state index is 0.0735. The summed E-state index contributed by atoms with van der Waals surface area (Å²) < 4.78 is 11.6. The maximum atomic E-state index is 6.08. The number of benzene rings is 1. The molecule has 0 amide bonds. The van der Waals surface area contributed by atoms with Gasteiger partial charge in [0.1, 0.15) is 12.4 Å². The van der Waals surface area contributed by atoms with Gasteiger partial charge in [-0.05, 0) is 23.5 Å². The lowest BCUT2D eigenvalue weighted by Crippen LogP contribution is -2.47. The first-order valence-corrected chi connectivity index (χ1v) is 10.5. The van der Waals surface area contributed by atoms with E-state index >= 15 is 0 Å². The van der Waals surface area contributed by atoms with Gasteiger partial charge in [0.05, 0.1) is 19.8 Å². The van der Waals surface area contributed by atoms with Crippen LogP contribution in [0.15, 0.2) is 29.3 Å². The summed E-state index contributed by atoms with van der Waals surface area (Å²) >= 11 is 0.